The smallest absolute Gasteiger partial charge is 0.255 e. The maximum atomic E-state index is 13.8. The number of amides is 1. The van der Waals surface area contributed by atoms with E-state index in [1.807, 2.05) is 23.9 Å². The van der Waals surface area contributed by atoms with E-state index in [-0.39, 0.29) is 12.5 Å². The topological polar surface area (TPSA) is 82.2 Å². The van der Waals surface area contributed by atoms with Gasteiger partial charge in [0.05, 0.1) is 34.6 Å². The largest absolute Gasteiger partial charge is 0.496 e. The number of nitrogen functional groups attached to an aromatic ring is 1. The predicted molar refractivity (Wildman–Crippen MR) is 110 cm³/mol. The van der Waals surface area contributed by atoms with E-state index in [2.05, 4.69) is 26.2 Å². The lowest BCUT2D eigenvalue weighted by Crippen LogP contribution is -2.31. The molecule has 3 N–H and O–H groups in total. The van der Waals surface area contributed by atoms with Crippen molar-refractivity contribution in [1.29, 1.82) is 0 Å². The lowest BCUT2D eigenvalue weighted by Gasteiger charge is -2.12. The van der Waals surface area contributed by atoms with E-state index in [9.17, 15) is 9.18 Å². The summed E-state index contributed by atoms with van der Waals surface area (Å²) in [5, 5.41) is 3.47. The van der Waals surface area contributed by atoms with Gasteiger partial charge in [-0.2, -0.15) is 0 Å². The first-order valence-electron chi connectivity index (χ1n) is 8.87. The van der Waals surface area contributed by atoms with Gasteiger partial charge < -0.3 is 20.4 Å². The van der Waals surface area contributed by atoms with E-state index < -0.39 is 5.67 Å². The number of benzene rings is 1. The van der Waals surface area contributed by atoms with Crippen LogP contribution in [0.3, 0.4) is 0 Å². The Morgan fingerprint density at radius 1 is 1.46 bits per heavy atom. The minimum absolute atomic E-state index is 0.0241. The Bertz CT molecular complexity index is 1090. The molecule has 8 heteroatoms. The van der Waals surface area contributed by atoms with Crippen molar-refractivity contribution in [3.63, 3.8) is 0 Å². The summed E-state index contributed by atoms with van der Waals surface area (Å²) < 4.78 is 22.0. The zero-order valence-corrected chi connectivity index (χ0v) is 17.1. The van der Waals surface area contributed by atoms with E-state index in [0.717, 1.165) is 26.5 Å². The van der Waals surface area contributed by atoms with Gasteiger partial charge >= 0.3 is 0 Å². The highest BCUT2D eigenvalue weighted by atomic mass is 79.9. The summed E-state index contributed by atoms with van der Waals surface area (Å²) >= 11 is 3.52. The van der Waals surface area contributed by atoms with Crippen LogP contribution in [0.1, 0.15) is 23.2 Å². The Morgan fingerprint density at radius 3 is 2.89 bits per heavy atom. The molecule has 146 valence electrons. The zero-order chi connectivity index (χ0) is 20.1. The molecule has 3 aromatic rings. The number of nitrogens with two attached hydrogens (primary N) is 1. The van der Waals surface area contributed by atoms with E-state index in [1.165, 1.54) is 7.11 Å². The van der Waals surface area contributed by atoms with E-state index >= 15 is 0 Å². The number of hydrogen-bond donors (Lipinski definition) is 2. The van der Waals surface area contributed by atoms with Gasteiger partial charge in [0.15, 0.2) is 0 Å². The first-order chi connectivity index (χ1) is 13.3. The summed E-state index contributed by atoms with van der Waals surface area (Å²) in [5.74, 6) is 0.485. The quantitative estimate of drug-likeness (QED) is 0.623. The SMILES string of the molecule is COc1cc(-c2cn(C)c3c(Br)cnc(N)c23)ccc1C(=O)NCC1(F)CC1. The molecule has 4 rings (SSSR count). The normalized spacial score (nSPS) is 14.9. The van der Waals surface area contributed by atoms with Crippen LogP contribution in [0.4, 0.5) is 10.2 Å². The molecule has 2 heterocycles. The predicted octanol–water partition coefficient (Wildman–Crippen LogP) is 3.83. The molecule has 0 atom stereocenters. The first-order valence-corrected chi connectivity index (χ1v) is 9.67. The number of alkyl halides is 1. The molecule has 1 aliphatic rings. The van der Waals surface area contributed by atoms with Crippen LogP contribution in [-0.2, 0) is 7.05 Å². The van der Waals surface area contributed by atoms with Crippen molar-refractivity contribution in [2.75, 3.05) is 19.4 Å². The molecule has 0 saturated heterocycles. The van der Waals surface area contributed by atoms with Crippen LogP contribution in [0.2, 0.25) is 0 Å². The number of anilines is 1. The third-order valence-corrected chi connectivity index (χ3v) is 5.68. The van der Waals surface area contributed by atoms with Crippen LogP contribution in [-0.4, -0.2) is 34.8 Å². The van der Waals surface area contributed by atoms with Crippen LogP contribution in [0.5, 0.6) is 5.75 Å². The van der Waals surface area contributed by atoms with Gasteiger partial charge in [0.2, 0.25) is 0 Å². The third-order valence-electron chi connectivity index (χ3n) is 5.10. The highest BCUT2D eigenvalue weighted by Crippen LogP contribution is 2.40. The molecule has 0 unspecified atom stereocenters. The van der Waals surface area contributed by atoms with Crippen LogP contribution in [0.25, 0.3) is 22.0 Å². The maximum Gasteiger partial charge on any atom is 0.255 e. The van der Waals surface area contributed by atoms with Crippen molar-refractivity contribution >= 4 is 38.6 Å². The molecule has 2 aromatic heterocycles. The number of halogens is 2. The lowest BCUT2D eigenvalue weighted by molar-refractivity contribution is 0.0935. The van der Waals surface area contributed by atoms with Crippen molar-refractivity contribution in [1.82, 2.24) is 14.9 Å². The molecule has 28 heavy (non-hydrogen) atoms. The summed E-state index contributed by atoms with van der Waals surface area (Å²) in [6.45, 7) is 0.0241. The molecule has 6 nitrogen and oxygen atoms in total. The van der Waals surface area contributed by atoms with Gasteiger partial charge in [-0.05, 0) is 46.5 Å². The number of ether oxygens (including phenoxy) is 1. The minimum atomic E-state index is -1.25. The number of pyridine rings is 1. The Balaban J connectivity index is 1.73. The molecule has 1 fully saturated rings. The zero-order valence-electron chi connectivity index (χ0n) is 15.6. The second-order valence-electron chi connectivity index (χ2n) is 7.12. The van der Waals surface area contributed by atoms with Crippen molar-refractivity contribution in [2.45, 2.75) is 18.5 Å². The number of carbonyl (C=O) groups excluding carboxylic acids is 1. The minimum Gasteiger partial charge on any atom is -0.496 e. The van der Waals surface area contributed by atoms with E-state index in [1.54, 1.807) is 18.3 Å². The van der Waals surface area contributed by atoms with Crippen molar-refractivity contribution in [3.8, 4) is 16.9 Å². The summed E-state index contributed by atoms with van der Waals surface area (Å²) in [6, 6.07) is 5.29. The third kappa shape index (κ3) is 3.22. The summed E-state index contributed by atoms with van der Waals surface area (Å²) in [6.07, 6.45) is 4.62. The fourth-order valence-electron chi connectivity index (χ4n) is 3.34. The van der Waals surface area contributed by atoms with Gasteiger partial charge in [-0.25, -0.2) is 9.37 Å². The molecule has 0 spiro atoms. The average molecular weight is 447 g/mol. The summed E-state index contributed by atoms with van der Waals surface area (Å²) in [4.78, 5) is 16.7. The Labute approximate surface area is 170 Å². The van der Waals surface area contributed by atoms with Gasteiger partial charge in [-0.3, -0.25) is 4.79 Å². The number of rotatable bonds is 5. The van der Waals surface area contributed by atoms with Crippen LogP contribution in [0, 0.1) is 0 Å². The summed E-state index contributed by atoms with van der Waals surface area (Å²) in [5.41, 5.74) is 7.91. The standard InChI is InChI=1S/C20H20BrFN4O2/c1-26-9-13(16-17(26)14(21)8-24-18(16)23)11-3-4-12(15(7-11)28-2)19(27)25-10-20(22)5-6-20/h3-4,7-9H,5-6,10H2,1-2H3,(H2,23,24)(H,25,27). The molecular formula is C20H20BrFN4O2. The molecule has 0 bridgehead atoms. The molecule has 1 aromatic carbocycles. The highest BCUT2D eigenvalue weighted by Gasteiger charge is 2.43. The van der Waals surface area contributed by atoms with Crippen molar-refractivity contribution in [2.24, 2.45) is 7.05 Å². The molecule has 0 aliphatic heterocycles. The molecule has 1 aliphatic carbocycles. The van der Waals surface area contributed by atoms with Gasteiger partial charge in [-0.15, -0.1) is 0 Å². The molecule has 1 amide bonds. The van der Waals surface area contributed by atoms with Crippen LogP contribution >= 0.6 is 15.9 Å². The average Bonchev–Trinajstić information content (AvgIpc) is 3.32. The molecular weight excluding hydrogens is 427 g/mol. The Morgan fingerprint density at radius 2 is 2.21 bits per heavy atom. The number of carbonyl (C=O) groups is 1. The second kappa shape index (κ2) is 6.77. The van der Waals surface area contributed by atoms with Gasteiger partial charge in [-0.1, -0.05) is 6.07 Å². The number of fused-ring (bicyclic) bond motifs is 1. The van der Waals surface area contributed by atoms with Crippen molar-refractivity contribution < 1.29 is 13.9 Å². The van der Waals surface area contributed by atoms with E-state index in [0.29, 0.717) is 30.0 Å². The monoisotopic (exact) mass is 446 g/mol. The number of nitrogens with zero attached hydrogens (tertiary/aromatic N) is 2. The van der Waals surface area contributed by atoms with Crippen LogP contribution in [0.15, 0.2) is 35.1 Å². The van der Waals surface area contributed by atoms with Gasteiger partial charge in [0.1, 0.15) is 17.2 Å². The number of hydrogen-bond acceptors (Lipinski definition) is 4. The fourth-order valence-corrected chi connectivity index (χ4v) is 3.92. The number of aromatic nitrogens is 2. The van der Waals surface area contributed by atoms with E-state index in [4.69, 9.17) is 10.5 Å². The second-order valence-corrected chi connectivity index (χ2v) is 7.97. The number of aryl methyl sites for hydroxylation is 1. The Hall–Kier alpha value is -2.61. The van der Waals surface area contributed by atoms with Crippen molar-refractivity contribution in [3.05, 3.63) is 40.6 Å². The summed E-state index contributed by atoms with van der Waals surface area (Å²) in [7, 11) is 3.43. The highest BCUT2D eigenvalue weighted by molar-refractivity contribution is 9.10. The van der Waals surface area contributed by atoms with Gasteiger partial charge in [0.25, 0.3) is 5.91 Å². The maximum absolute atomic E-state index is 13.8. The number of nitrogens with one attached hydrogen (secondary N) is 1. The van der Waals surface area contributed by atoms with Crippen LogP contribution < -0.4 is 15.8 Å². The lowest BCUT2D eigenvalue weighted by atomic mass is 10.0. The number of methoxy groups -OCH3 is 1. The van der Waals surface area contributed by atoms with Gasteiger partial charge in [0, 0.05) is 25.0 Å². The fraction of sp³-hybridized carbons (Fsp3) is 0.300. The first kappa shape index (κ1) is 18.7. The molecule has 1 saturated carbocycles. The Kier molecular flexibility index (Phi) is 4.53. The molecule has 0 radical (unpaired) electrons.